The fourth-order valence-electron chi connectivity index (χ4n) is 2.01. The van der Waals surface area contributed by atoms with Crippen LogP contribution in [0.1, 0.15) is 17.5 Å². The van der Waals surface area contributed by atoms with E-state index in [2.05, 4.69) is 14.5 Å². The van der Waals surface area contributed by atoms with Gasteiger partial charge >= 0.3 is 12.1 Å². The number of rotatable bonds is 3. The Labute approximate surface area is 156 Å². The second-order valence-electron chi connectivity index (χ2n) is 5.24. The number of cyclic esters (lactones) is 1. The molecule has 0 spiro atoms. The molecule has 14 heteroatoms. The number of nitrogens with zero attached hydrogens (tertiary/aromatic N) is 1. The van der Waals surface area contributed by atoms with Crippen molar-refractivity contribution in [3.63, 3.8) is 0 Å². The van der Waals surface area contributed by atoms with Crippen LogP contribution in [-0.2, 0) is 25.2 Å². The second kappa shape index (κ2) is 9.24. The molecule has 29 heavy (non-hydrogen) atoms. The smallest absolute Gasteiger partial charge is 0.407 e. The van der Waals surface area contributed by atoms with Gasteiger partial charge in [-0.1, -0.05) is 0 Å². The van der Waals surface area contributed by atoms with Crippen LogP contribution in [0.2, 0.25) is 0 Å². The molecule has 0 saturated heterocycles. The second-order valence-corrected chi connectivity index (χ2v) is 5.24. The molecule has 1 unspecified atom stereocenters. The third kappa shape index (κ3) is 5.25. The Morgan fingerprint density at radius 1 is 1.07 bits per heavy atom. The van der Waals surface area contributed by atoms with Crippen LogP contribution < -0.4 is 0 Å². The first-order chi connectivity index (χ1) is 13.3. The molecule has 0 saturated carbocycles. The topological polar surface area (TPSA) is 65.0 Å². The molecule has 0 aliphatic carbocycles. The summed E-state index contributed by atoms with van der Waals surface area (Å²) in [6.07, 6.45) is -10.5. The summed E-state index contributed by atoms with van der Waals surface area (Å²) >= 11 is 0. The molecule has 1 heterocycles. The minimum atomic E-state index is -5.81. The van der Waals surface area contributed by atoms with Crippen LogP contribution >= 0.6 is 0 Å². The highest BCUT2D eigenvalue weighted by atomic mass is 19.4. The Bertz CT molecular complexity index is 807. The van der Waals surface area contributed by atoms with E-state index in [1.165, 1.54) is 0 Å². The summed E-state index contributed by atoms with van der Waals surface area (Å²) in [7, 11) is 3.25. The zero-order valence-electron chi connectivity index (χ0n) is 14.3. The quantitative estimate of drug-likeness (QED) is 0.412. The molecule has 0 bridgehead atoms. The summed E-state index contributed by atoms with van der Waals surface area (Å²) in [6.45, 7) is 0. The molecule has 2 rings (SSSR count). The third-order valence-electron chi connectivity index (χ3n) is 3.15. The first-order valence-electron chi connectivity index (χ1n) is 7.21. The van der Waals surface area contributed by atoms with Crippen molar-refractivity contribution in [2.45, 2.75) is 25.1 Å². The van der Waals surface area contributed by atoms with Gasteiger partial charge in [0, 0.05) is 14.2 Å². The van der Waals surface area contributed by atoms with E-state index in [9.17, 15) is 49.1 Å². The molecule has 1 aromatic rings. The van der Waals surface area contributed by atoms with Gasteiger partial charge in [0.25, 0.3) is 6.43 Å². The summed E-state index contributed by atoms with van der Waals surface area (Å²) in [5, 5.41) is 0. The van der Waals surface area contributed by atoms with Gasteiger partial charge in [0.15, 0.2) is 23.3 Å². The number of methoxy groups -OCH3 is 1. The Hall–Kier alpha value is -2.64. The van der Waals surface area contributed by atoms with Gasteiger partial charge in [-0.05, 0) is 0 Å². The summed E-state index contributed by atoms with van der Waals surface area (Å²) in [4.78, 5) is 25.4. The Morgan fingerprint density at radius 2 is 1.52 bits per heavy atom. The number of carbonyl (C=O) groups excluding carboxylic acids is 2. The maximum absolute atomic E-state index is 13.8. The van der Waals surface area contributed by atoms with Gasteiger partial charge in [0.05, 0.1) is 6.42 Å². The molecular weight excluding hydrogens is 429 g/mol. The third-order valence-corrected chi connectivity index (χ3v) is 3.15. The van der Waals surface area contributed by atoms with E-state index in [1.54, 1.807) is 14.2 Å². The SMILES string of the molecule is COC.O=C1CC(C(=O)C(F)F)N=C(c2c(F)c(F)c(C(F)(F)F)c(F)c2F)O1. The van der Waals surface area contributed by atoms with Gasteiger partial charge in [-0.2, -0.15) is 13.2 Å². The number of halogens is 9. The van der Waals surface area contributed by atoms with Crippen LogP contribution in [0, 0.1) is 23.3 Å². The molecule has 0 fully saturated rings. The van der Waals surface area contributed by atoms with E-state index >= 15 is 0 Å². The van der Waals surface area contributed by atoms with Crippen molar-refractivity contribution in [3.05, 3.63) is 34.4 Å². The average molecular weight is 439 g/mol. The van der Waals surface area contributed by atoms with E-state index < -0.39 is 77.1 Å². The van der Waals surface area contributed by atoms with E-state index in [0.717, 1.165) is 0 Å². The standard InChI is InChI=1S/C13H4F9NO3.C2H6O/c14-6-4(7(15)9(17)5(8(6)16)13(20,21)22)12-23-2(1-3(24)26-12)10(25)11(18)19;1-3-2/h2,11H,1H2;1-2H3. The molecule has 0 radical (unpaired) electrons. The first kappa shape index (κ1) is 24.4. The van der Waals surface area contributed by atoms with Gasteiger partial charge < -0.3 is 9.47 Å². The van der Waals surface area contributed by atoms with Gasteiger partial charge in [-0.15, -0.1) is 0 Å². The molecule has 1 aromatic carbocycles. The van der Waals surface area contributed by atoms with Crippen molar-refractivity contribution >= 4 is 17.7 Å². The van der Waals surface area contributed by atoms with Crippen molar-refractivity contribution in [1.29, 1.82) is 0 Å². The number of Topliss-reactive ketones (excluding diaryl/α,β-unsaturated/α-hetero) is 1. The molecule has 1 aliphatic rings. The molecule has 0 aromatic heterocycles. The summed E-state index contributed by atoms with van der Waals surface area (Å²) < 4.78 is 125. The predicted molar refractivity (Wildman–Crippen MR) is 76.3 cm³/mol. The highest BCUT2D eigenvalue weighted by Crippen LogP contribution is 2.37. The molecule has 0 amide bonds. The highest BCUT2D eigenvalue weighted by molar-refractivity contribution is 6.06. The minimum absolute atomic E-state index is 1.07. The first-order valence-corrected chi connectivity index (χ1v) is 7.21. The number of alkyl halides is 5. The number of ketones is 1. The number of benzene rings is 1. The number of ether oxygens (including phenoxy) is 2. The summed E-state index contributed by atoms with van der Waals surface area (Å²) in [5.74, 6) is -16.1. The van der Waals surface area contributed by atoms with E-state index in [-0.39, 0.29) is 0 Å². The maximum Gasteiger partial charge on any atom is 0.422 e. The van der Waals surface area contributed by atoms with Crippen LogP contribution in [-0.4, -0.2) is 44.3 Å². The number of hydrogen-bond acceptors (Lipinski definition) is 5. The molecular formula is C15H10F9NO4. The van der Waals surface area contributed by atoms with Gasteiger partial charge in [0.1, 0.15) is 17.2 Å². The molecule has 1 aliphatic heterocycles. The lowest BCUT2D eigenvalue weighted by Crippen LogP contribution is -2.35. The number of aliphatic imine (C=N–C) groups is 1. The lowest BCUT2D eigenvalue weighted by molar-refractivity contribution is -0.143. The van der Waals surface area contributed by atoms with Crippen molar-refractivity contribution in [2.24, 2.45) is 4.99 Å². The molecule has 1 atom stereocenters. The van der Waals surface area contributed by atoms with Crippen LogP contribution in [0.25, 0.3) is 0 Å². The summed E-state index contributed by atoms with van der Waals surface area (Å²) in [6, 6.07) is -2.20. The van der Waals surface area contributed by atoms with Crippen molar-refractivity contribution in [2.75, 3.05) is 14.2 Å². The maximum atomic E-state index is 13.8. The highest BCUT2D eigenvalue weighted by Gasteiger charge is 2.44. The van der Waals surface area contributed by atoms with E-state index in [1.807, 2.05) is 0 Å². The number of hydrogen-bond donors (Lipinski definition) is 0. The largest absolute Gasteiger partial charge is 0.422 e. The Kier molecular flexibility index (Phi) is 7.77. The van der Waals surface area contributed by atoms with Crippen molar-refractivity contribution < 1.29 is 58.6 Å². The van der Waals surface area contributed by atoms with Crippen LogP contribution in [0.15, 0.2) is 4.99 Å². The normalized spacial score (nSPS) is 16.8. The van der Waals surface area contributed by atoms with E-state index in [4.69, 9.17) is 0 Å². The fraction of sp³-hybridized carbons (Fsp3) is 0.400. The zero-order chi connectivity index (χ0) is 22.7. The molecule has 5 nitrogen and oxygen atoms in total. The van der Waals surface area contributed by atoms with Crippen molar-refractivity contribution in [1.82, 2.24) is 0 Å². The number of carbonyl (C=O) groups is 2. The van der Waals surface area contributed by atoms with Crippen LogP contribution in [0.3, 0.4) is 0 Å². The summed E-state index contributed by atoms with van der Waals surface area (Å²) in [5.41, 5.74) is -4.87. The lowest BCUT2D eigenvalue weighted by Gasteiger charge is -2.20. The van der Waals surface area contributed by atoms with Crippen LogP contribution in [0.4, 0.5) is 39.5 Å². The van der Waals surface area contributed by atoms with Gasteiger partial charge in [-0.3, -0.25) is 9.59 Å². The number of esters is 1. The van der Waals surface area contributed by atoms with Crippen LogP contribution in [0.5, 0.6) is 0 Å². The van der Waals surface area contributed by atoms with Crippen molar-refractivity contribution in [3.8, 4) is 0 Å². The Balaban J connectivity index is 0.00000132. The molecule has 162 valence electrons. The fourth-order valence-corrected chi connectivity index (χ4v) is 2.01. The van der Waals surface area contributed by atoms with Gasteiger partial charge in [-0.25, -0.2) is 31.3 Å². The van der Waals surface area contributed by atoms with Gasteiger partial charge in [0.2, 0.25) is 11.7 Å². The Morgan fingerprint density at radius 3 is 1.90 bits per heavy atom. The monoisotopic (exact) mass is 439 g/mol. The zero-order valence-corrected chi connectivity index (χ0v) is 14.3. The van der Waals surface area contributed by atoms with E-state index in [0.29, 0.717) is 0 Å². The predicted octanol–water partition coefficient (Wildman–Crippen LogP) is 3.42. The average Bonchev–Trinajstić information content (AvgIpc) is 2.58. The minimum Gasteiger partial charge on any atom is -0.407 e. The molecule has 0 N–H and O–H groups in total. The lowest BCUT2D eigenvalue weighted by atomic mass is 10.0.